The van der Waals surface area contributed by atoms with Crippen molar-refractivity contribution in [3.8, 4) is 0 Å². The maximum Gasteiger partial charge on any atom is -0.0320 e. The maximum atomic E-state index is 3.76. The van der Waals surface area contributed by atoms with Crippen molar-refractivity contribution in [3.63, 3.8) is 0 Å². The molecule has 0 heteroatoms. The fourth-order valence-corrected chi connectivity index (χ4v) is 0.427. The van der Waals surface area contributed by atoms with E-state index in [1.54, 1.807) is 0 Å². The van der Waals surface area contributed by atoms with Crippen LogP contribution < -0.4 is 0 Å². The van der Waals surface area contributed by atoms with Crippen LogP contribution in [0, 0.1) is 5.92 Å². The van der Waals surface area contributed by atoms with Crippen LogP contribution in [0.5, 0.6) is 0 Å². The largest absolute Gasteiger partial charge is 0.0999 e. The lowest BCUT2D eigenvalue weighted by Crippen LogP contribution is -1.92. The number of hydrogen-bond acceptors (Lipinski definition) is 0. The summed E-state index contributed by atoms with van der Waals surface area (Å²) < 4.78 is 0. The molecule has 0 amide bonds. The lowest BCUT2D eigenvalue weighted by molar-refractivity contribution is 0.667. The lowest BCUT2D eigenvalue weighted by Gasteiger charge is -2.11. The van der Waals surface area contributed by atoms with Gasteiger partial charge in [0.25, 0.3) is 0 Å². The van der Waals surface area contributed by atoms with Crippen molar-refractivity contribution in [2.75, 3.05) is 0 Å². The molecule has 0 nitrogen and oxygen atoms in total. The summed E-state index contributed by atoms with van der Waals surface area (Å²) in [5.41, 5.74) is 1.44. The highest BCUT2D eigenvalue weighted by molar-refractivity contribution is 5.01. The molecule has 0 aromatic carbocycles. The van der Waals surface area contributed by atoms with Crippen LogP contribution in [-0.2, 0) is 0 Å². The molecule has 1 saturated carbocycles. The summed E-state index contributed by atoms with van der Waals surface area (Å²) in [5.74, 6) is 0.833. The van der Waals surface area contributed by atoms with E-state index in [-0.39, 0.29) is 0 Å². The van der Waals surface area contributed by atoms with Crippen LogP contribution in [0.1, 0.15) is 40.0 Å². The molecule has 1 aliphatic rings. The second-order valence-electron chi connectivity index (χ2n) is 3.34. The van der Waals surface area contributed by atoms with Gasteiger partial charge in [0.05, 0.1) is 0 Å². The Bertz CT molecular complexity index is 71.3. The van der Waals surface area contributed by atoms with Gasteiger partial charge >= 0.3 is 0 Å². The molecular weight excluding hydrogens is 108 g/mol. The van der Waals surface area contributed by atoms with Crippen molar-refractivity contribution in [2.24, 2.45) is 5.92 Å². The predicted molar refractivity (Wildman–Crippen MR) is 43.5 cm³/mol. The van der Waals surface area contributed by atoms with Crippen LogP contribution in [-0.4, -0.2) is 0 Å². The van der Waals surface area contributed by atoms with E-state index in [0.717, 1.165) is 5.92 Å². The van der Waals surface area contributed by atoms with Gasteiger partial charge in [0.2, 0.25) is 0 Å². The molecule has 1 fully saturated rings. The molecule has 0 aromatic heterocycles. The van der Waals surface area contributed by atoms with Crippen molar-refractivity contribution >= 4 is 0 Å². The van der Waals surface area contributed by atoms with E-state index in [9.17, 15) is 0 Å². The van der Waals surface area contributed by atoms with Crippen LogP contribution in [0.25, 0.3) is 0 Å². The molecule has 54 valence electrons. The van der Waals surface area contributed by atoms with Gasteiger partial charge in [-0.3, -0.25) is 0 Å². The summed E-state index contributed by atoms with van der Waals surface area (Å²) in [5, 5.41) is 0. The van der Waals surface area contributed by atoms with Gasteiger partial charge < -0.3 is 0 Å². The van der Waals surface area contributed by atoms with Crippen LogP contribution in [0.3, 0.4) is 0 Å². The molecule has 0 aromatic rings. The van der Waals surface area contributed by atoms with Gasteiger partial charge in [0.15, 0.2) is 0 Å². The summed E-state index contributed by atoms with van der Waals surface area (Å²) >= 11 is 0. The van der Waals surface area contributed by atoms with E-state index >= 15 is 0 Å². The normalized spacial score (nSPS) is 16.2. The zero-order valence-corrected chi connectivity index (χ0v) is 6.91. The van der Waals surface area contributed by atoms with Gasteiger partial charge in [-0.2, -0.15) is 0 Å². The van der Waals surface area contributed by atoms with Crippen molar-refractivity contribution in [2.45, 2.75) is 40.0 Å². The fraction of sp³-hybridized carbons (Fsp3) is 0.778. The first-order chi connectivity index (χ1) is 4.13. The first-order valence-electron chi connectivity index (χ1n) is 3.79. The average Bonchev–Trinajstić information content (AvgIpc) is 1.59. The van der Waals surface area contributed by atoms with Gasteiger partial charge in [-0.25, -0.2) is 0 Å². The lowest BCUT2D eigenvalue weighted by atomic mass is 9.95. The topological polar surface area (TPSA) is 0 Å². The Hall–Kier alpha value is -0.260. The van der Waals surface area contributed by atoms with Gasteiger partial charge in [-0.15, -0.1) is 0 Å². The van der Waals surface area contributed by atoms with Crippen LogP contribution in [0.4, 0.5) is 0 Å². The van der Waals surface area contributed by atoms with Crippen molar-refractivity contribution in [1.82, 2.24) is 0 Å². The minimum absolute atomic E-state index is 0.833. The average molecular weight is 126 g/mol. The van der Waals surface area contributed by atoms with Gasteiger partial charge in [0.1, 0.15) is 0 Å². The van der Waals surface area contributed by atoms with Crippen LogP contribution >= 0.6 is 0 Å². The maximum absolute atomic E-state index is 3.76. The smallest absolute Gasteiger partial charge is 0.0320 e. The Balaban J connectivity index is 0.000000148. The summed E-state index contributed by atoms with van der Waals surface area (Å²) in [6.07, 6.45) is 3.97. The SMILES string of the molecule is C=C1CCC1.CC(C)C. The molecule has 0 aliphatic heterocycles. The Morgan fingerprint density at radius 2 is 1.44 bits per heavy atom. The van der Waals surface area contributed by atoms with Crippen LogP contribution in [0.2, 0.25) is 0 Å². The van der Waals surface area contributed by atoms with Gasteiger partial charge in [-0.1, -0.05) is 32.9 Å². The number of allylic oxidation sites excluding steroid dienone is 1. The van der Waals surface area contributed by atoms with Crippen molar-refractivity contribution in [1.29, 1.82) is 0 Å². The Labute approximate surface area is 59.0 Å². The van der Waals surface area contributed by atoms with E-state index < -0.39 is 0 Å². The van der Waals surface area contributed by atoms with Gasteiger partial charge in [-0.05, 0) is 25.2 Å². The van der Waals surface area contributed by atoms with Gasteiger partial charge in [0, 0.05) is 0 Å². The van der Waals surface area contributed by atoms with E-state index in [2.05, 4.69) is 27.4 Å². The summed E-state index contributed by atoms with van der Waals surface area (Å²) in [6, 6.07) is 0. The zero-order valence-electron chi connectivity index (χ0n) is 6.91. The third-order valence-electron chi connectivity index (χ3n) is 1.06. The molecule has 0 spiro atoms. The quantitative estimate of drug-likeness (QED) is 0.436. The molecule has 0 saturated heterocycles. The molecule has 0 atom stereocenters. The molecule has 1 rings (SSSR count). The monoisotopic (exact) mass is 126 g/mol. The number of rotatable bonds is 0. The third-order valence-corrected chi connectivity index (χ3v) is 1.06. The Kier molecular flexibility index (Phi) is 4.47. The molecule has 0 heterocycles. The molecule has 0 unspecified atom stereocenters. The molecule has 0 radical (unpaired) electrons. The molecule has 9 heavy (non-hydrogen) atoms. The number of hydrogen-bond donors (Lipinski definition) is 0. The van der Waals surface area contributed by atoms with E-state index in [0.29, 0.717) is 0 Å². The molecule has 0 N–H and O–H groups in total. The van der Waals surface area contributed by atoms with Crippen molar-refractivity contribution in [3.05, 3.63) is 12.2 Å². The third kappa shape index (κ3) is 7.74. The zero-order chi connectivity index (χ0) is 7.28. The van der Waals surface area contributed by atoms with Crippen molar-refractivity contribution < 1.29 is 0 Å². The second kappa shape index (κ2) is 4.60. The molecule has 1 aliphatic carbocycles. The van der Waals surface area contributed by atoms with E-state index in [1.165, 1.54) is 24.8 Å². The molecular formula is C9H18. The first-order valence-corrected chi connectivity index (χ1v) is 3.79. The Morgan fingerprint density at radius 3 is 1.44 bits per heavy atom. The van der Waals surface area contributed by atoms with E-state index in [4.69, 9.17) is 0 Å². The highest BCUT2D eigenvalue weighted by atomic mass is 14.1. The minimum atomic E-state index is 0.833. The molecule has 0 bridgehead atoms. The van der Waals surface area contributed by atoms with Crippen LogP contribution in [0.15, 0.2) is 12.2 Å². The highest BCUT2D eigenvalue weighted by Gasteiger charge is 2.02. The first kappa shape index (κ1) is 8.74. The minimum Gasteiger partial charge on any atom is -0.0999 e. The summed E-state index contributed by atoms with van der Waals surface area (Å²) in [6.45, 7) is 10.3. The summed E-state index contributed by atoms with van der Waals surface area (Å²) in [4.78, 5) is 0. The fourth-order valence-electron chi connectivity index (χ4n) is 0.427. The predicted octanol–water partition coefficient (Wildman–Crippen LogP) is 3.39. The summed E-state index contributed by atoms with van der Waals surface area (Å²) in [7, 11) is 0. The standard InChI is InChI=1S/C5H8.C4H10/c1-5-3-2-4-5;1-4(2)3/h1-4H2;4H,1-3H3. The highest BCUT2D eigenvalue weighted by Crippen LogP contribution is 2.21. The van der Waals surface area contributed by atoms with E-state index in [1.807, 2.05) is 0 Å². The Morgan fingerprint density at radius 1 is 1.22 bits per heavy atom. The second-order valence-corrected chi connectivity index (χ2v) is 3.34.